The second-order valence-electron chi connectivity index (χ2n) is 9.03. The van der Waals surface area contributed by atoms with E-state index in [9.17, 15) is 19.4 Å². The molecule has 2 saturated heterocycles. The molecule has 4 atom stereocenters. The van der Waals surface area contributed by atoms with Gasteiger partial charge in [0.2, 0.25) is 0 Å². The van der Waals surface area contributed by atoms with Crippen molar-refractivity contribution in [3.05, 3.63) is 59.9 Å². The van der Waals surface area contributed by atoms with Crippen LogP contribution in [0.1, 0.15) is 10.4 Å². The molecule has 9 heteroatoms. The van der Waals surface area contributed by atoms with E-state index in [1.165, 1.54) is 12.1 Å². The van der Waals surface area contributed by atoms with E-state index >= 15 is 0 Å². The van der Waals surface area contributed by atoms with Gasteiger partial charge >= 0.3 is 0 Å². The number of aliphatic hydroxyl groups is 2. The van der Waals surface area contributed by atoms with Gasteiger partial charge in [0.05, 0.1) is 18.8 Å². The Balaban J connectivity index is 1.37. The van der Waals surface area contributed by atoms with E-state index < -0.39 is 18.3 Å². The van der Waals surface area contributed by atoms with Crippen LogP contribution in [0.5, 0.6) is 0 Å². The Morgan fingerprint density at radius 2 is 1.71 bits per heavy atom. The van der Waals surface area contributed by atoms with Crippen molar-refractivity contribution in [2.75, 3.05) is 63.2 Å². The predicted octanol–water partition coefficient (Wildman–Crippen LogP) is 0.933. The summed E-state index contributed by atoms with van der Waals surface area (Å²) in [6.45, 7) is 2.73. The van der Waals surface area contributed by atoms with Crippen LogP contribution in [-0.4, -0.2) is 98.8 Å². The lowest BCUT2D eigenvalue weighted by atomic mass is 10.0. The Bertz CT molecular complexity index is 948. The van der Waals surface area contributed by atoms with Crippen molar-refractivity contribution in [2.24, 2.45) is 0 Å². The van der Waals surface area contributed by atoms with Crippen molar-refractivity contribution in [1.82, 2.24) is 10.2 Å². The first-order valence-electron chi connectivity index (χ1n) is 11.6. The lowest BCUT2D eigenvalue weighted by Crippen LogP contribution is -2.57. The maximum atomic E-state index is 13.2. The van der Waals surface area contributed by atoms with Gasteiger partial charge in [-0.2, -0.15) is 0 Å². The highest BCUT2D eigenvalue weighted by Gasteiger charge is 2.46. The highest BCUT2D eigenvalue weighted by Crippen LogP contribution is 2.28. The van der Waals surface area contributed by atoms with Crippen LogP contribution in [-0.2, 0) is 4.74 Å². The fourth-order valence-electron chi connectivity index (χ4n) is 4.73. The summed E-state index contributed by atoms with van der Waals surface area (Å²) in [5, 5.41) is 23.4. The van der Waals surface area contributed by atoms with Crippen LogP contribution in [0, 0.1) is 5.82 Å². The summed E-state index contributed by atoms with van der Waals surface area (Å²) in [6, 6.07) is 13.4. The number of aliphatic hydroxyl groups excluding tert-OH is 2. The largest absolute Gasteiger partial charge is 0.394 e. The number of hydrogen-bond donors (Lipinski definition) is 3. The summed E-state index contributed by atoms with van der Waals surface area (Å²) in [4.78, 5) is 19.0. The minimum atomic E-state index is -0.858. The van der Waals surface area contributed by atoms with Gasteiger partial charge in [-0.3, -0.25) is 9.69 Å². The first-order chi connectivity index (χ1) is 16.4. The molecular weight excluding hydrogens is 439 g/mol. The minimum absolute atomic E-state index is 0.212. The van der Waals surface area contributed by atoms with Crippen molar-refractivity contribution < 1.29 is 24.1 Å². The average molecular weight is 473 g/mol. The number of nitrogens with zero attached hydrogens (tertiary/aromatic N) is 3. The molecule has 1 amide bonds. The fourth-order valence-corrected chi connectivity index (χ4v) is 4.73. The zero-order valence-corrected chi connectivity index (χ0v) is 19.6. The molecule has 184 valence electrons. The van der Waals surface area contributed by atoms with Gasteiger partial charge in [-0.15, -0.1) is 0 Å². The number of carbonyl (C=O) groups is 1. The number of halogens is 1. The predicted molar refractivity (Wildman–Crippen MR) is 129 cm³/mol. The Morgan fingerprint density at radius 1 is 1.06 bits per heavy atom. The van der Waals surface area contributed by atoms with Crippen LogP contribution >= 0.6 is 0 Å². The van der Waals surface area contributed by atoms with E-state index in [-0.39, 0.29) is 30.9 Å². The smallest absolute Gasteiger partial charge is 0.251 e. The Labute approximate surface area is 199 Å². The molecule has 0 aliphatic carbocycles. The Hall–Kier alpha value is -2.72. The maximum Gasteiger partial charge on any atom is 0.251 e. The monoisotopic (exact) mass is 472 g/mol. The number of piperazine rings is 1. The molecule has 0 aromatic heterocycles. The van der Waals surface area contributed by atoms with E-state index in [0.29, 0.717) is 18.7 Å². The quantitative estimate of drug-likeness (QED) is 0.553. The van der Waals surface area contributed by atoms with Gasteiger partial charge in [-0.25, -0.2) is 4.39 Å². The van der Waals surface area contributed by atoms with Gasteiger partial charge < -0.3 is 30.1 Å². The molecule has 8 nitrogen and oxygen atoms in total. The molecule has 0 radical (unpaired) electrons. The Morgan fingerprint density at radius 3 is 2.29 bits per heavy atom. The second-order valence-corrected chi connectivity index (χ2v) is 9.03. The van der Waals surface area contributed by atoms with Crippen molar-refractivity contribution in [1.29, 1.82) is 0 Å². The fraction of sp³-hybridized carbons (Fsp3) is 0.480. The molecule has 0 saturated carbocycles. The summed E-state index contributed by atoms with van der Waals surface area (Å²) < 4.78 is 19.2. The highest BCUT2D eigenvalue weighted by molar-refractivity contribution is 5.94. The van der Waals surface area contributed by atoms with Crippen molar-refractivity contribution in [2.45, 2.75) is 24.4 Å². The molecule has 2 aliphatic heterocycles. The number of amides is 1. The molecule has 2 aromatic carbocycles. The molecule has 34 heavy (non-hydrogen) atoms. The zero-order valence-electron chi connectivity index (χ0n) is 19.6. The number of benzene rings is 2. The van der Waals surface area contributed by atoms with E-state index in [1.807, 2.05) is 31.1 Å². The minimum Gasteiger partial charge on any atom is -0.394 e. The molecule has 2 aliphatic rings. The number of anilines is 2. The topological polar surface area (TPSA) is 88.5 Å². The number of nitrogens with one attached hydrogen (secondary N) is 1. The summed E-state index contributed by atoms with van der Waals surface area (Å²) in [5.74, 6) is -0.474. The molecule has 2 fully saturated rings. The standard InChI is InChI=1S/C25H33FN4O4/c1-28(2)19-7-3-17(4-8-19)25(33)27-15-21-23(24(32)22(16-31)34-21)30-13-11-29(12-14-30)20-9-5-18(26)6-10-20/h3-10,21-24,31-32H,11-16H2,1-2H3,(H,27,33)/t21-,22-,23-,24+/m0/s1. The SMILES string of the molecule is CN(C)c1ccc(C(=O)NC[C@@H]2O[C@@H](CO)[C@@H](O)[C@H]2N2CCN(c3ccc(F)cc3)CC2)cc1. The highest BCUT2D eigenvalue weighted by atomic mass is 19.1. The molecule has 0 unspecified atom stereocenters. The number of rotatable bonds is 7. The molecule has 4 rings (SSSR count). The number of ether oxygens (including phenoxy) is 1. The van der Waals surface area contributed by atoms with E-state index in [2.05, 4.69) is 15.1 Å². The maximum absolute atomic E-state index is 13.2. The lowest BCUT2D eigenvalue weighted by Gasteiger charge is -2.41. The van der Waals surface area contributed by atoms with Gasteiger partial charge in [-0.1, -0.05) is 0 Å². The van der Waals surface area contributed by atoms with Gasteiger partial charge in [0.15, 0.2) is 0 Å². The van der Waals surface area contributed by atoms with Crippen molar-refractivity contribution in [3.8, 4) is 0 Å². The third kappa shape index (κ3) is 5.33. The number of carbonyl (C=O) groups excluding carboxylic acids is 1. The normalized spacial score (nSPS) is 25.4. The molecule has 2 heterocycles. The van der Waals surface area contributed by atoms with Crippen LogP contribution in [0.3, 0.4) is 0 Å². The van der Waals surface area contributed by atoms with Gasteiger partial charge in [0.25, 0.3) is 5.91 Å². The van der Waals surface area contributed by atoms with Crippen LogP contribution in [0.2, 0.25) is 0 Å². The first kappa shape index (κ1) is 24.4. The van der Waals surface area contributed by atoms with Crippen LogP contribution in [0.25, 0.3) is 0 Å². The molecule has 3 N–H and O–H groups in total. The summed E-state index contributed by atoms with van der Waals surface area (Å²) in [5.41, 5.74) is 2.51. The second kappa shape index (κ2) is 10.7. The van der Waals surface area contributed by atoms with Gasteiger partial charge in [0.1, 0.15) is 18.0 Å². The van der Waals surface area contributed by atoms with Gasteiger partial charge in [-0.05, 0) is 48.5 Å². The van der Waals surface area contributed by atoms with E-state index in [0.717, 1.165) is 24.5 Å². The average Bonchev–Trinajstić information content (AvgIpc) is 3.18. The molecule has 0 spiro atoms. The zero-order chi connectivity index (χ0) is 24.2. The van der Waals surface area contributed by atoms with E-state index in [4.69, 9.17) is 4.74 Å². The summed E-state index contributed by atoms with van der Waals surface area (Å²) in [6.07, 6.45) is -2.00. The van der Waals surface area contributed by atoms with Gasteiger partial charge in [0, 0.05) is 63.8 Å². The number of hydrogen-bond acceptors (Lipinski definition) is 7. The summed E-state index contributed by atoms with van der Waals surface area (Å²) >= 11 is 0. The lowest BCUT2D eigenvalue weighted by molar-refractivity contribution is -0.0209. The van der Waals surface area contributed by atoms with Crippen LogP contribution < -0.4 is 15.1 Å². The summed E-state index contributed by atoms with van der Waals surface area (Å²) in [7, 11) is 3.88. The van der Waals surface area contributed by atoms with E-state index in [1.54, 1.807) is 24.3 Å². The van der Waals surface area contributed by atoms with Crippen LogP contribution in [0.15, 0.2) is 48.5 Å². The van der Waals surface area contributed by atoms with Crippen molar-refractivity contribution in [3.63, 3.8) is 0 Å². The first-order valence-corrected chi connectivity index (χ1v) is 11.6. The Kier molecular flexibility index (Phi) is 7.67. The molecule has 2 aromatic rings. The third-order valence-corrected chi connectivity index (χ3v) is 6.68. The van der Waals surface area contributed by atoms with Crippen LogP contribution in [0.4, 0.5) is 15.8 Å². The molecule has 0 bridgehead atoms. The molecular formula is C25H33FN4O4. The third-order valence-electron chi connectivity index (χ3n) is 6.68. The van der Waals surface area contributed by atoms with Crippen molar-refractivity contribution >= 4 is 17.3 Å².